The molecule has 4 atom stereocenters. The summed E-state index contributed by atoms with van der Waals surface area (Å²) >= 11 is 0. The molecule has 14 heavy (non-hydrogen) atoms. The summed E-state index contributed by atoms with van der Waals surface area (Å²) in [5.74, 6) is 2.55. The van der Waals surface area contributed by atoms with Gasteiger partial charge in [0.15, 0.2) is 0 Å². The van der Waals surface area contributed by atoms with Crippen LogP contribution in [0.4, 0.5) is 0 Å². The van der Waals surface area contributed by atoms with Crippen LogP contribution >= 0.6 is 0 Å². The van der Waals surface area contributed by atoms with Crippen molar-refractivity contribution in [2.45, 2.75) is 39.2 Å². The Hall–Kier alpha value is -0.300. The zero-order chi connectivity index (χ0) is 9.92. The van der Waals surface area contributed by atoms with E-state index in [1.807, 2.05) is 0 Å². The Bertz CT molecular complexity index is 275. The third-order valence-electron chi connectivity index (χ3n) is 4.96. The van der Waals surface area contributed by atoms with E-state index < -0.39 is 0 Å². The monoisotopic (exact) mass is 192 g/mol. The fourth-order valence-electron chi connectivity index (χ4n) is 3.59. The Morgan fingerprint density at radius 1 is 1.43 bits per heavy atom. The average molecular weight is 192 g/mol. The van der Waals surface area contributed by atoms with E-state index in [4.69, 9.17) is 4.74 Å². The summed E-state index contributed by atoms with van der Waals surface area (Å²) in [5, 5.41) is 0. The molecule has 0 aromatic carbocycles. The summed E-state index contributed by atoms with van der Waals surface area (Å²) < 4.78 is 5.32. The average Bonchev–Trinajstić information content (AvgIpc) is 2.91. The molecule has 4 aliphatic rings. The predicted molar refractivity (Wildman–Crippen MR) is 57.0 cm³/mol. The van der Waals surface area contributed by atoms with Gasteiger partial charge in [0, 0.05) is 0 Å². The van der Waals surface area contributed by atoms with Crippen molar-refractivity contribution in [3.8, 4) is 0 Å². The highest BCUT2D eigenvalue weighted by atomic mass is 16.6. The van der Waals surface area contributed by atoms with Gasteiger partial charge in [-0.2, -0.15) is 0 Å². The molecule has 0 aromatic heterocycles. The second kappa shape index (κ2) is 2.63. The van der Waals surface area contributed by atoms with Crippen LogP contribution in [0.3, 0.4) is 0 Å². The van der Waals surface area contributed by atoms with Crippen molar-refractivity contribution in [2.24, 2.45) is 23.2 Å². The summed E-state index contributed by atoms with van der Waals surface area (Å²) in [6.07, 6.45) is 4.62. The van der Waals surface area contributed by atoms with Crippen molar-refractivity contribution in [1.82, 2.24) is 0 Å². The SMILES string of the molecule is C=C1C(CC2CO2)CC2CC1C2(C)C. The molecular formula is C13H20O. The lowest BCUT2D eigenvalue weighted by atomic mass is 9.45. The molecule has 3 saturated carbocycles. The van der Waals surface area contributed by atoms with Crippen LogP contribution in [0.2, 0.25) is 0 Å². The van der Waals surface area contributed by atoms with Crippen LogP contribution in [0.15, 0.2) is 12.2 Å². The van der Waals surface area contributed by atoms with Crippen molar-refractivity contribution in [3.63, 3.8) is 0 Å². The first-order valence-electron chi connectivity index (χ1n) is 5.89. The number of fused-ring (bicyclic) bond motifs is 2. The van der Waals surface area contributed by atoms with E-state index in [0.29, 0.717) is 11.5 Å². The minimum atomic E-state index is 0.554. The highest BCUT2D eigenvalue weighted by molar-refractivity contribution is 5.22. The molecule has 4 unspecified atom stereocenters. The molecule has 1 nitrogen and oxygen atoms in total. The second-order valence-corrected chi connectivity index (χ2v) is 6.01. The van der Waals surface area contributed by atoms with Gasteiger partial charge in [-0.3, -0.25) is 0 Å². The first-order chi connectivity index (χ1) is 6.59. The third-order valence-corrected chi connectivity index (χ3v) is 4.96. The van der Waals surface area contributed by atoms with Gasteiger partial charge in [-0.05, 0) is 42.4 Å². The van der Waals surface area contributed by atoms with E-state index in [1.165, 1.54) is 24.8 Å². The minimum absolute atomic E-state index is 0.554. The quantitative estimate of drug-likeness (QED) is 0.484. The Morgan fingerprint density at radius 2 is 2.14 bits per heavy atom. The molecule has 0 spiro atoms. The number of hydrogen-bond acceptors (Lipinski definition) is 1. The van der Waals surface area contributed by atoms with Crippen LogP contribution in [-0.4, -0.2) is 12.7 Å². The molecule has 4 rings (SSSR count). The number of allylic oxidation sites excluding steroid dienone is 1. The second-order valence-electron chi connectivity index (χ2n) is 6.01. The maximum atomic E-state index is 5.32. The molecule has 0 aromatic rings. The van der Waals surface area contributed by atoms with E-state index in [0.717, 1.165) is 24.4 Å². The fraction of sp³-hybridized carbons (Fsp3) is 0.846. The van der Waals surface area contributed by atoms with Crippen molar-refractivity contribution >= 4 is 0 Å². The minimum Gasteiger partial charge on any atom is -0.373 e. The smallest absolute Gasteiger partial charge is 0.0815 e. The highest BCUT2D eigenvalue weighted by Gasteiger charge is 2.54. The van der Waals surface area contributed by atoms with Crippen molar-refractivity contribution in [2.75, 3.05) is 6.61 Å². The van der Waals surface area contributed by atoms with Gasteiger partial charge in [0.05, 0.1) is 12.7 Å². The Morgan fingerprint density at radius 3 is 2.64 bits per heavy atom. The zero-order valence-electron chi connectivity index (χ0n) is 9.25. The van der Waals surface area contributed by atoms with Crippen LogP contribution in [-0.2, 0) is 4.74 Å². The number of hydrogen-bond donors (Lipinski definition) is 0. The van der Waals surface area contributed by atoms with Crippen LogP contribution in [0.1, 0.15) is 33.1 Å². The van der Waals surface area contributed by atoms with Gasteiger partial charge in [0.2, 0.25) is 0 Å². The largest absolute Gasteiger partial charge is 0.373 e. The molecular weight excluding hydrogens is 172 g/mol. The number of ether oxygens (including phenoxy) is 1. The van der Waals surface area contributed by atoms with Crippen LogP contribution in [0, 0.1) is 23.2 Å². The molecule has 0 amide bonds. The van der Waals surface area contributed by atoms with Gasteiger partial charge in [-0.15, -0.1) is 0 Å². The molecule has 0 N–H and O–H groups in total. The van der Waals surface area contributed by atoms with Crippen molar-refractivity contribution in [1.29, 1.82) is 0 Å². The number of rotatable bonds is 2. The maximum Gasteiger partial charge on any atom is 0.0815 e. The van der Waals surface area contributed by atoms with Crippen LogP contribution in [0.25, 0.3) is 0 Å². The molecule has 1 heteroatoms. The molecule has 2 bridgehead atoms. The Kier molecular flexibility index (Phi) is 1.69. The standard InChI is InChI=1S/C13H20O/c1-8-9(5-11-7-14-11)4-10-6-12(8)13(10,2)3/h9-12H,1,4-7H2,2-3H3. The highest BCUT2D eigenvalue weighted by Crippen LogP contribution is 2.63. The summed E-state index contributed by atoms with van der Waals surface area (Å²) in [5.41, 5.74) is 2.09. The van der Waals surface area contributed by atoms with Crippen LogP contribution < -0.4 is 0 Å². The predicted octanol–water partition coefficient (Wildman–Crippen LogP) is 3.01. The molecule has 3 aliphatic carbocycles. The lowest BCUT2D eigenvalue weighted by Gasteiger charge is -2.60. The number of epoxide rings is 1. The van der Waals surface area contributed by atoms with Gasteiger partial charge < -0.3 is 4.74 Å². The molecule has 0 radical (unpaired) electrons. The van der Waals surface area contributed by atoms with E-state index >= 15 is 0 Å². The van der Waals surface area contributed by atoms with Gasteiger partial charge in [-0.25, -0.2) is 0 Å². The van der Waals surface area contributed by atoms with Gasteiger partial charge in [0.25, 0.3) is 0 Å². The third kappa shape index (κ3) is 1.11. The first-order valence-corrected chi connectivity index (χ1v) is 5.89. The van der Waals surface area contributed by atoms with E-state index in [-0.39, 0.29) is 0 Å². The van der Waals surface area contributed by atoms with Crippen molar-refractivity contribution < 1.29 is 4.74 Å². The van der Waals surface area contributed by atoms with E-state index in [1.54, 1.807) is 0 Å². The molecule has 4 fully saturated rings. The summed E-state index contributed by atoms with van der Waals surface area (Å²) in [4.78, 5) is 0. The lowest BCUT2D eigenvalue weighted by molar-refractivity contribution is -0.0488. The Labute approximate surface area is 86.5 Å². The Balaban J connectivity index is 1.71. The van der Waals surface area contributed by atoms with Gasteiger partial charge in [0.1, 0.15) is 0 Å². The fourth-order valence-corrected chi connectivity index (χ4v) is 3.59. The summed E-state index contributed by atoms with van der Waals surface area (Å²) in [6, 6.07) is 0. The topological polar surface area (TPSA) is 12.5 Å². The summed E-state index contributed by atoms with van der Waals surface area (Å²) in [6.45, 7) is 10.2. The van der Waals surface area contributed by atoms with E-state index in [2.05, 4.69) is 20.4 Å². The normalized spacial score (nSPS) is 48.6. The summed E-state index contributed by atoms with van der Waals surface area (Å²) in [7, 11) is 0. The molecule has 78 valence electrons. The first kappa shape index (κ1) is 8.96. The van der Waals surface area contributed by atoms with E-state index in [9.17, 15) is 0 Å². The van der Waals surface area contributed by atoms with Crippen molar-refractivity contribution in [3.05, 3.63) is 12.2 Å². The molecule has 1 saturated heterocycles. The van der Waals surface area contributed by atoms with Crippen LogP contribution in [0.5, 0.6) is 0 Å². The molecule has 1 heterocycles. The molecule has 1 aliphatic heterocycles. The maximum absolute atomic E-state index is 5.32. The van der Waals surface area contributed by atoms with Gasteiger partial charge >= 0.3 is 0 Å². The zero-order valence-corrected chi connectivity index (χ0v) is 9.25. The lowest BCUT2D eigenvalue weighted by Crippen LogP contribution is -2.51. The van der Waals surface area contributed by atoms with Gasteiger partial charge in [-0.1, -0.05) is 26.0 Å².